The van der Waals surface area contributed by atoms with Gasteiger partial charge in [-0.3, -0.25) is 9.76 Å². The molecule has 34 heavy (non-hydrogen) atoms. The van der Waals surface area contributed by atoms with E-state index < -0.39 is 23.1 Å². The van der Waals surface area contributed by atoms with Gasteiger partial charge in [0.05, 0.1) is 5.69 Å². The fourth-order valence-corrected chi connectivity index (χ4v) is 5.89. The molecule has 0 bridgehead atoms. The zero-order valence-electron chi connectivity index (χ0n) is 20.0. The van der Waals surface area contributed by atoms with E-state index in [1.807, 2.05) is 18.4 Å². The van der Waals surface area contributed by atoms with Crippen LogP contribution in [0.25, 0.3) is 11.1 Å². The summed E-state index contributed by atoms with van der Waals surface area (Å²) in [5.41, 5.74) is 4.77. The van der Waals surface area contributed by atoms with Crippen molar-refractivity contribution in [1.82, 2.24) is 4.98 Å². The molecule has 2 aliphatic carbocycles. The summed E-state index contributed by atoms with van der Waals surface area (Å²) in [6, 6.07) is 6.88. The molecule has 1 saturated carbocycles. The predicted octanol–water partition coefficient (Wildman–Crippen LogP) is 8.22. The molecule has 0 amide bonds. The lowest BCUT2D eigenvalue weighted by Gasteiger charge is -2.37. The van der Waals surface area contributed by atoms with Crippen LogP contribution in [0.5, 0.6) is 5.75 Å². The Labute approximate surface area is 202 Å². The number of pyridine rings is 1. The highest BCUT2D eigenvalue weighted by Gasteiger charge is 2.37. The first kappa shape index (κ1) is 25.0. The third kappa shape index (κ3) is 5.09. The van der Waals surface area contributed by atoms with Crippen LogP contribution in [0.4, 0.5) is 13.2 Å². The van der Waals surface area contributed by atoms with Crippen LogP contribution in [0, 0.1) is 22.4 Å². The monoisotopic (exact) mass is 490 g/mol. The topological polar surface area (TPSA) is 46.0 Å². The molecule has 1 N–H and O–H groups in total. The molecule has 0 aliphatic heterocycles. The van der Waals surface area contributed by atoms with E-state index in [9.17, 15) is 13.2 Å². The summed E-state index contributed by atoms with van der Waals surface area (Å²) in [6.07, 6.45) is 10.7. The first-order valence-corrected chi connectivity index (χ1v) is 13.8. The van der Waals surface area contributed by atoms with Crippen LogP contribution < -0.4 is 4.74 Å². The number of hydrogen-bond acceptors (Lipinski definition) is 3. The molecule has 1 fully saturated rings. The fourth-order valence-electron chi connectivity index (χ4n) is 5.40. The first-order chi connectivity index (χ1) is 16.3. The molecule has 184 valence electrons. The number of ether oxygens (including phenoxy) is 1. The van der Waals surface area contributed by atoms with Crippen molar-refractivity contribution in [2.45, 2.75) is 76.2 Å². The summed E-state index contributed by atoms with van der Waals surface area (Å²) in [5, 5.41) is 0. The number of unbranched alkanes of at least 4 members (excludes halogenated alkanes) is 1. The van der Waals surface area contributed by atoms with Gasteiger partial charge in [0.25, 0.3) is 0 Å². The van der Waals surface area contributed by atoms with Gasteiger partial charge in [0.15, 0.2) is 11.6 Å². The van der Waals surface area contributed by atoms with Gasteiger partial charge in [-0.2, -0.15) is 8.78 Å². The minimum Gasteiger partial charge on any atom is -0.432 e. The number of fused-ring (bicyclic) bond motifs is 1. The Morgan fingerprint density at radius 3 is 2.56 bits per heavy atom. The molecule has 3 nitrogen and oxygen atoms in total. The van der Waals surface area contributed by atoms with E-state index in [0.717, 1.165) is 71.4 Å². The fraction of sp³-hybridized carbons (Fsp3) is 0.519. The molecular formula is C27H33F3N2OS. The summed E-state index contributed by atoms with van der Waals surface area (Å²) >= 11 is 0. The molecule has 0 saturated heterocycles. The molecule has 3 unspecified atom stereocenters. The number of nitrogens with one attached hydrogen (secondary N) is 1. The van der Waals surface area contributed by atoms with Crippen molar-refractivity contribution < 1.29 is 17.9 Å². The molecule has 3 atom stereocenters. The third-order valence-corrected chi connectivity index (χ3v) is 8.47. The highest BCUT2D eigenvalue weighted by molar-refractivity contribution is 7.85. The predicted molar refractivity (Wildman–Crippen MR) is 132 cm³/mol. The van der Waals surface area contributed by atoms with Crippen LogP contribution in [0.2, 0.25) is 0 Å². The van der Waals surface area contributed by atoms with Gasteiger partial charge in [-0.25, -0.2) is 4.39 Å². The van der Waals surface area contributed by atoms with E-state index in [4.69, 9.17) is 9.76 Å². The standard InChI is InChI=1S/C27H33F3N2OS/c1-4-5-9-19-22-13-24(28)26(33-27(29)30)14-21(22)16(2)20(17-7-6-8-17)12-23(19)25-11-10-18(15-32-25)34(3)31/h10-11,13-17,20,27,31H,4-9,12H2,1-3H3. The van der Waals surface area contributed by atoms with Gasteiger partial charge in [-0.05, 0) is 89.8 Å². The quantitative estimate of drug-likeness (QED) is 0.405. The number of allylic oxidation sites excluding steroid dienone is 2. The van der Waals surface area contributed by atoms with E-state index in [2.05, 4.69) is 18.6 Å². The molecule has 4 rings (SSSR count). The van der Waals surface area contributed by atoms with E-state index >= 15 is 0 Å². The van der Waals surface area contributed by atoms with Crippen LogP contribution in [-0.4, -0.2) is 17.9 Å². The lowest BCUT2D eigenvalue weighted by molar-refractivity contribution is -0.0522. The summed E-state index contributed by atoms with van der Waals surface area (Å²) < 4.78 is 53.5. The summed E-state index contributed by atoms with van der Waals surface area (Å²) in [4.78, 5) is 5.64. The number of halogens is 3. The van der Waals surface area contributed by atoms with Crippen molar-refractivity contribution in [2.75, 3.05) is 6.26 Å². The van der Waals surface area contributed by atoms with Crippen LogP contribution in [-0.2, 0) is 10.7 Å². The second kappa shape index (κ2) is 10.6. The number of rotatable bonds is 8. The lowest BCUT2D eigenvalue weighted by Crippen LogP contribution is -2.26. The van der Waals surface area contributed by atoms with Crippen molar-refractivity contribution in [2.24, 2.45) is 11.8 Å². The minimum atomic E-state index is -3.07. The molecule has 1 aromatic heterocycles. The Kier molecular flexibility index (Phi) is 7.80. The average Bonchev–Trinajstić information content (AvgIpc) is 2.87. The van der Waals surface area contributed by atoms with Gasteiger partial charge < -0.3 is 4.74 Å². The Balaban J connectivity index is 1.91. The molecular weight excluding hydrogens is 457 g/mol. The van der Waals surface area contributed by atoms with Gasteiger partial charge in [-0.15, -0.1) is 0 Å². The highest BCUT2D eigenvalue weighted by Crippen LogP contribution is 2.51. The maximum Gasteiger partial charge on any atom is 0.387 e. The largest absolute Gasteiger partial charge is 0.432 e. The number of aromatic nitrogens is 1. The van der Waals surface area contributed by atoms with E-state index in [-0.39, 0.29) is 11.7 Å². The molecule has 1 aromatic carbocycles. The van der Waals surface area contributed by atoms with Crippen molar-refractivity contribution >= 4 is 21.8 Å². The van der Waals surface area contributed by atoms with Gasteiger partial charge in [-0.1, -0.05) is 50.2 Å². The van der Waals surface area contributed by atoms with Crippen LogP contribution >= 0.6 is 0 Å². The maximum atomic E-state index is 15.0. The summed E-state index contributed by atoms with van der Waals surface area (Å²) in [5.74, 6) is -0.163. The zero-order chi connectivity index (χ0) is 24.4. The van der Waals surface area contributed by atoms with Crippen LogP contribution in [0.3, 0.4) is 0 Å². The maximum absolute atomic E-state index is 15.0. The summed E-state index contributed by atoms with van der Waals surface area (Å²) in [7, 11) is -0.622. The van der Waals surface area contributed by atoms with Gasteiger partial charge in [0.2, 0.25) is 0 Å². The second-order valence-corrected chi connectivity index (χ2v) is 11.0. The minimum absolute atomic E-state index is 0.0871. The van der Waals surface area contributed by atoms with E-state index in [1.165, 1.54) is 18.6 Å². The molecule has 7 heteroatoms. The number of nitrogens with zero attached hydrogens (tertiary/aromatic N) is 1. The third-order valence-electron chi connectivity index (χ3n) is 7.52. The smallest absolute Gasteiger partial charge is 0.387 e. The Morgan fingerprint density at radius 2 is 2.00 bits per heavy atom. The van der Waals surface area contributed by atoms with E-state index in [1.54, 1.807) is 6.20 Å². The van der Waals surface area contributed by atoms with Crippen molar-refractivity contribution in [3.05, 3.63) is 53.1 Å². The molecule has 0 spiro atoms. The summed E-state index contributed by atoms with van der Waals surface area (Å²) in [6.45, 7) is 1.21. The van der Waals surface area contributed by atoms with E-state index in [0.29, 0.717) is 11.8 Å². The molecule has 0 radical (unpaired) electrons. The Morgan fingerprint density at radius 1 is 1.24 bits per heavy atom. The normalized spacial score (nSPS) is 21.7. The van der Waals surface area contributed by atoms with Crippen LogP contribution in [0.15, 0.2) is 35.4 Å². The molecule has 1 heterocycles. The second-order valence-electron chi connectivity index (χ2n) is 9.55. The highest BCUT2D eigenvalue weighted by atomic mass is 32.2. The van der Waals surface area contributed by atoms with Crippen molar-refractivity contribution in [1.29, 1.82) is 4.78 Å². The first-order valence-electron chi connectivity index (χ1n) is 12.1. The van der Waals surface area contributed by atoms with Gasteiger partial charge in [0.1, 0.15) is 0 Å². The average molecular weight is 491 g/mol. The SMILES string of the molecule is CCCCC1=C(c2ccc(S(C)=N)cn2)CC(C2CCC2)C(C)c2cc(OC(F)F)c(F)cc21. The van der Waals surface area contributed by atoms with Gasteiger partial charge >= 0.3 is 6.61 Å². The number of alkyl halides is 2. The van der Waals surface area contributed by atoms with Crippen molar-refractivity contribution in [3.8, 4) is 5.75 Å². The molecule has 2 aromatic rings. The molecule has 2 aliphatic rings. The number of benzene rings is 1. The van der Waals surface area contributed by atoms with Gasteiger partial charge in [0, 0.05) is 11.1 Å². The van der Waals surface area contributed by atoms with Crippen molar-refractivity contribution in [3.63, 3.8) is 0 Å². The zero-order valence-corrected chi connectivity index (χ0v) is 20.9. The van der Waals surface area contributed by atoms with Crippen LogP contribution in [0.1, 0.15) is 81.5 Å². The Hall–Kier alpha value is -2.15. The lowest BCUT2D eigenvalue weighted by atomic mass is 9.67. The Bertz CT molecular complexity index is 1080. The number of hydrogen-bond donors (Lipinski definition) is 1.